The van der Waals surface area contributed by atoms with Gasteiger partial charge in [-0.1, -0.05) is 43.7 Å². The van der Waals surface area contributed by atoms with Crippen LogP contribution in [0.5, 0.6) is 0 Å². The highest BCUT2D eigenvalue weighted by atomic mass is 16.6. The van der Waals surface area contributed by atoms with Gasteiger partial charge in [-0.3, -0.25) is 0 Å². The Morgan fingerprint density at radius 2 is 1.92 bits per heavy atom. The van der Waals surface area contributed by atoms with E-state index in [2.05, 4.69) is 19.9 Å². The summed E-state index contributed by atoms with van der Waals surface area (Å²) >= 11 is 0. The summed E-state index contributed by atoms with van der Waals surface area (Å²) in [5.41, 5.74) is -0.771. The molecule has 5 rings (SSSR count). The topological polar surface area (TPSA) is 124 Å². The van der Waals surface area contributed by atoms with Crippen LogP contribution >= 0.6 is 0 Å². The third-order valence-electron chi connectivity index (χ3n) is 9.73. The second-order valence-electron chi connectivity index (χ2n) is 11.9. The molecule has 3 aliphatic heterocycles. The molecule has 0 amide bonds. The zero-order valence-electron chi connectivity index (χ0n) is 22.6. The van der Waals surface area contributed by atoms with E-state index in [0.717, 1.165) is 6.42 Å². The fraction of sp³-hybridized carbons (Fsp3) is 0.724. The minimum absolute atomic E-state index is 0.0195. The molecule has 2 spiro atoms. The van der Waals surface area contributed by atoms with Gasteiger partial charge in [0, 0.05) is 24.5 Å². The van der Waals surface area contributed by atoms with Crippen molar-refractivity contribution in [2.75, 3.05) is 19.8 Å². The molecule has 0 radical (unpaired) electrons. The molecule has 3 fully saturated rings. The Hall–Kier alpha value is -2.04. The van der Waals surface area contributed by atoms with Gasteiger partial charge in [-0.05, 0) is 39.0 Å². The van der Waals surface area contributed by atoms with Crippen LogP contribution in [0, 0.1) is 16.7 Å². The van der Waals surface area contributed by atoms with Crippen molar-refractivity contribution in [2.45, 2.75) is 95.6 Å². The lowest BCUT2D eigenvalue weighted by molar-refractivity contribution is -0.234. The Morgan fingerprint density at radius 3 is 2.63 bits per heavy atom. The molecule has 9 heteroatoms. The SMILES string of the molecule is CC1=C[C@H]2O[C@@H]3C[C@H]4OC(=O)/C=C\C=C\[C@@H]([C@@H](C)O)OCC[C@@H](C)[C@H](O)C(=O)OC[C@@]2(CC1)[C@]4(C)[C@]31CO1. The smallest absolute Gasteiger partial charge is 0.335 e. The number of esters is 2. The first-order valence-corrected chi connectivity index (χ1v) is 13.7. The Kier molecular flexibility index (Phi) is 7.37. The van der Waals surface area contributed by atoms with Gasteiger partial charge in [0.05, 0.1) is 30.3 Å². The van der Waals surface area contributed by atoms with Crippen LogP contribution < -0.4 is 0 Å². The average Bonchev–Trinajstić information content (AvgIpc) is 3.65. The summed E-state index contributed by atoms with van der Waals surface area (Å²) in [5.74, 6) is -1.60. The zero-order chi connectivity index (χ0) is 27.3. The van der Waals surface area contributed by atoms with E-state index >= 15 is 0 Å². The van der Waals surface area contributed by atoms with Gasteiger partial charge in [0.25, 0.3) is 0 Å². The number of ether oxygens (including phenoxy) is 5. The predicted molar refractivity (Wildman–Crippen MR) is 136 cm³/mol. The second-order valence-corrected chi connectivity index (χ2v) is 11.9. The molecule has 0 aromatic heterocycles. The maximum absolute atomic E-state index is 13.1. The molecular weight excluding hydrogens is 492 g/mol. The number of aliphatic hydroxyl groups excluding tert-OH is 2. The quantitative estimate of drug-likeness (QED) is 0.298. The number of aliphatic hydroxyl groups is 2. The van der Waals surface area contributed by atoms with Crippen LogP contribution in [0.3, 0.4) is 0 Å². The van der Waals surface area contributed by atoms with Crippen LogP contribution in [0.2, 0.25) is 0 Å². The lowest BCUT2D eigenvalue weighted by Gasteiger charge is -2.58. The molecule has 2 N–H and O–H groups in total. The van der Waals surface area contributed by atoms with Gasteiger partial charge in [0.15, 0.2) is 6.10 Å². The van der Waals surface area contributed by atoms with Crippen LogP contribution in [0.15, 0.2) is 36.0 Å². The molecule has 1 saturated carbocycles. The monoisotopic (exact) mass is 532 g/mol. The first kappa shape index (κ1) is 27.5. The summed E-state index contributed by atoms with van der Waals surface area (Å²) in [6.07, 6.45) is 6.89. The summed E-state index contributed by atoms with van der Waals surface area (Å²) in [5, 5.41) is 20.8. The fourth-order valence-corrected chi connectivity index (χ4v) is 7.04. The summed E-state index contributed by atoms with van der Waals surface area (Å²) in [4.78, 5) is 26.0. The molecule has 210 valence electrons. The van der Waals surface area contributed by atoms with Gasteiger partial charge >= 0.3 is 11.9 Å². The molecule has 0 unspecified atom stereocenters. The van der Waals surface area contributed by atoms with Crippen molar-refractivity contribution in [1.82, 2.24) is 0 Å². The van der Waals surface area contributed by atoms with Crippen molar-refractivity contribution in [2.24, 2.45) is 16.7 Å². The van der Waals surface area contributed by atoms with E-state index in [4.69, 9.17) is 23.7 Å². The van der Waals surface area contributed by atoms with Crippen LogP contribution in [-0.2, 0) is 33.3 Å². The lowest BCUT2D eigenvalue weighted by Crippen LogP contribution is -2.66. The molecule has 2 aliphatic carbocycles. The molecule has 5 aliphatic rings. The second kappa shape index (κ2) is 10.2. The minimum atomic E-state index is -1.33. The summed E-state index contributed by atoms with van der Waals surface area (Å²) in [7, 11) is 0. The van der Waals surface area contributed by atoms with E-state index < -0.39 is 58.7 Å². The summed E-state index contributed by atoms with van der Waals surface area (Å²) in [6, 6.07) is 0. The van der Waals surface area contributed by atoms with Gasteiger partial charge in [-0.15, -0.1) is 0 Å². The van der Waals surface area contributed by atoms with E-state index in [9.17, 15) is 19.8 Å². The molecule has 2 saturated heterocycles. The first-order valence-electron chi connectivity index (χ1n) is 13.7. The largest absolute Gasteiger partial charge is 0.463 e. The Balaban J connectivity index is 1.51. The van der Waals surface area contributed by atoms with Gasteiger partial charge in [-0.2, -0.15) is 0 Å². The summed E-state index contributed by atoms with van der Waals surface area (Å²) in [6.45, 7) is 8.27. The number of allylic oxidation sites excluding steroid dienone is 3. The number of carbonyl (C=O) groups excluding carboxylic acids is 2. The number of hydrogen-bond donors (Lipinski definition) is 2. The Morgan fingerprint density at radius 1 is 1.16 bits per heavy atom. The third-order valence-corrected chi connectivity index (χ3v) is 9.73. The van der Waals surface area contributed by atoms with Gasteiger partial charge in [0.1, 0.15) is 24.4 Å². The van der Waals surface area contributed by atoms with E-state index in [1.807, 2.05) is 0 Å². The van der Waals surface area contributed by atoms with Crippen LogP contribution in [0.4, 0.5) is 0 Å². The van der Waals surface area contributed by atoms with E-state index in [0.29, 0.717) is 25.9 Å². The molecule has 0 aromatic carbocycles. The molecule has 0 aromatic rings. The first-order chi connectivity index (χ1) is 18.0. The maximum Gasteiger partial charge on any atom is 0.335 e. The van der Waals surface area contributed by atoms with Crippen molar-refractivity contribution in [3.63, 3.8) is 0 Å². The standard InChI is InChI=1S/C29H40O9/c1-17-9-11-28-15-35-26(33)25(32)18(2)10-12-34-20(19(3)30)7-5-6-8-24(31)38-21-14-23(37-22(28)13-17)29(16-36-29)27(21,28)4/h5-8,13,18-23,25,30,32H,9-12,14-16H2,1-4H3/b7-5+,8-6-/t18-,19-,20+,21-,22-,23-,25+,27-,28-,29+/m1/s1. The maximum atomic E-state index is 13.1. The molecule has 9 nitrogen and oxygen atoms in total. The van der Waals surface area contributed by atoms with Crippen molar-refractivity contribution in [3.8, 4) is 0 Å². The fourth-order valence-electron chi connectivity index (χ4n) is 7.04. The van der Waals surface area contributed by atoms with Crippen molar-refractivity contribution < 1.29 is 43.5 Å². The molecular formula is C29H40O9. The van der Waals surface area contributed by atoms with Crippen LogP contribution in [-0.4, -0.2) is 84.2 Å². The molecule has 2 bridgehead atoms. The van der Waals surface area contributed by atoms with Crippen molar-refractivity contribution in [3.05, 3.63) is 36.0 Å². The third kappa shape index (κ3) is 4.36. The lowest BCUT2D eigenvalue weighted by atomic mass is 9.51. The highest BCUT2D eigenvalue weighted by molar-refractivity contribution is 5.82. The number of hydrogen-bond acceptors (Lipinski definition) is 9. The molecule has 38 heavy (non-hydrogen) atoms. The number of cyclic esters (lactones) is 1. The molecule has 10 atom stereocenters. The molecule has 3 heterocycles. The number of epoxide rings is 1. The van der Waals surface area contributed by atoms with Crippen LogP contribution in [0.25, 0.3) is 0 Å². The normalized spacial score (nSPS) is 48.0. The minimum Gasteiger partial charge on any atom is -0.463 e. The van der Waals surface area contributed by atoms with Gasteiger partial charge in [-0.25, -0.2) is 9.59 Å². The average molecular weight is 533 g/mol. The number of rotatable bonds is 1. The Labute approximate surface area is 223 Å². The van der Waals surface area contributed by atoms with E-state index in [1.54, 1.807) is 32.1 Å². The van der Waals surface area contributed by atoms with Crippen molar-refractivity contribution >= 4 is 11.9 Å². The summed E-state index contributed by atoms with van der Waals surface area (Å²) < 4.78 is 30.4. The zero-order valence-corrected chi connectivity index (χ0v) is 22.6. The number of carbonyl (C=O) groups is 2. The van der Waals surface area contributed by atoms with E-state index in [1.165, 1.54) is 11.6 Å². The van der Waals surface area contributed by atoms with Crippen LogP contribution in [0.1, 0.15) is 53.4 Å². The van der Waals surface area contributed by atoms with Crippen molar-refractivity contribution in [1.29, 1.82) is 0 Å². The highest BCUT2D eigenvalue weighted by Crippen LogP contribution is 2.72. The van der Waals surface area contributed by atoms with E-state index in [-0.39, 0.29) is 25.4 Å². The Bertz CT molecular complexity index is 1030. The highest BCUT2D eigenvalue weighted by Gasteiger charge is 2.83. The van der Waals surface area contributed by atoms with Gasteiger partial charge < -0.3 is 33.9 Å². The van der Waals surface area contributed by atoms with Gasteiger partial charge in [0.2, 0.25) is 0 Å². The predicted octanol–water partition coefficient (Wildman–Crippen LogP) is 2.39.